The van der Waals surface area contributed by atoms with E-state index in [2.05, 4.69) is 5.32 Å². The van der Waals surface area contributed by atoms with Gasteiger partial charge < -0.3 is 24.4 Å². The van der Waals surface area contributed by atoms with Crippen LogP contribution >= 0.6 is 0 Å². The first-order chi connectivity index (χ1) is 13.0. The van der Waals surface area contributed by atoms with Gasteiger partial charge in [-0.1, -0.05) is 18.2 Å². The predicted molar refractivity (Wildman–Crippen MR) is 94.2 cm³/mol. The number of urea groups is 1. The number of fused-ring (bicyclic) bond motifs is 1. The number of carbonyl (C=O) groups excluding carboxylic acids is 3. The third-order valence-electron chi connectivity index (χ3n) is 4.63. The van der Waals surface area contributed by atoms with Crippen LogP contribution < -0.4 is 10.1 Å². The molecule has 1 aromatic rings. The number of hydrogen-bond donors (Lipinski definition) is 1. The Morgan fingerprint density at radius 2 is 2.07 bits per heavy atom. The summed E-state index contributed by atoms with van der Waals surface area (Å²) in [6, 6.07) is 6.83. The lowest BCUT2D eigenvalue weighted by molar-refractivity contribution is -0.141. The number of nitrogens with one attached hydrogen (secondary N) is 1. The minimum Gasteiger partial charge on any atom is -0.496 e. The van der Waals surface area contributed by atoms with Gasteiger partial charge in [-0.3, -0.25) is 9.69 Å². The van der Waals surface area contributed by atoms with Crippen LogP contribution in [0.4, 0.5) is 9.59 Å². The van der Waals surface area contributed by atoms with Gasteiger partial charge in [0.1, 0.15) is 18.4 Å². The zero-order valence-electron chi connectivity index (χ0n) is 15.3. The molecule has 2 aliphatic heterocycles. The second kappa shape index (κ2) is 8.15. The molecule has 0 aliphatic carbocycles. The fraction of sp³-hybridized carbons (Fsp3) is 0.500. The number of methoxy groups -OCH3 is 1. The molecule has 0 spiro atoms. The van der Waals surface area contributed by atoms with Crippen molar-refractivity contribution in [2.24, 2.45) is 0 Å². The highest BCUT2D eigenvalue weighted by Gasteiger charge is 2.49. The highest BCUT2D eigenvalue weighted by molar-refractivity contribution is 5.81. The van der Waals surface area contributed by atoms with Gasteiger partial charge in [0.05, 0.1) is 32.8 Å². The largest absolute Gasteiger partial charge is 0.496 e. The zero-order valence-corrected chi connectivity index (χ0v) is 15.3. The standard InChI is InChI=1S/C18H23N3O6/c1-3-26-16(22)8-19-17(23)20-10-13-15(11-20)27-18(24)21(13)9-12-6-4-5-7-14(12)25-2/h4-7,13,15H,3,8-11H2,1-2H3,(H,19,23)/t13-,15+/m1/s1. The lowest BCUT2D eigenvalue weighted by Gasteiger charge is -2.23. The molecule has 0 radical (unpaired) electrons. The SMILES string of the molecule is CCOC(=O)CNC(=O)N1C[C@@H]2OC(=O)N(Cc3ccccc3OC)[C@@H]2C1. The number of ether oxygens (including phenoxy) is 3. The van der Waals surface area contributed by atoms with Crippen LogP contribution in [-0.2, 0) is 20.8 Å². The van der Waals surface area contributed by atoms with Crippen LogP contribution in [-0.4, -0.2) is 73.4 Å². The molecule has 0 unspecified atom stereocenters. The Bertz CT molecular complexity index is 725. The van der Waals surface area contributed by atoms with Crippen LogP contribution in [0.15, 0.2) is 24.3 Å². The first-order valence-corrected chi connectivity index (χ1v) is 8.81. The van der Waals surface area contributed by atoms with Crippen molar-refractivity contribution >= 4 is 18.1 Å². The number of para-hydroxylation sites is 1. The number of benzene rings is 1. The van der Waals surface area contributed by atoms with Gasteiger partial charge in [-0.2, -0.15) is 0 Å². The van der Waals surface area contributed by atoms with Crippen LogP contribution in [0.25, 0.3) is 0 Å². The summed E-state index contributed by atoms with van der Waals surface area (Å²) in [5, 5.41) is 2.53. The highest BCUT2D eigenvalue weighted by Crippen LogP contribution is 2.30. The molecule has 2 heterocycles. The molecule has 2 aliphatic rings. The van der Waals surface area contributed by atoms with Gasteiger partial charge in [-0.15, -0.1) is 0 Å². The van der Waals surface area contributed by atoms with Crippen LogP contribution in [0, 0.1) is 0 Å². The Morgan fingerprint density at radius 1 is 1.30 bits per heavy atom. The average molecular weight is 377 g/mol. The third kappa shape index (κ3) is 4.07. The molecule has 3 rings (SSSR count). The van der Waals surface area contributed by atoms with Crippen molar-refractivity contribution in [1.29, 1.82) is 0 Å². The molecule has 9 heteroatoms. The molecule has 3 amide bonds. The van der Waals surface area contributed by atoms with Crippen molar-refractivity contribution < 1.29 is 28.6 Å². The van der Waals surface area contributed by atoms with Crippen molar-refractivity contribution in [3.8, 4) is 5.75 Å². The van der Waals surface area contributed by atoms with Crippen LogP contribution in [0.1, 0.15) is 12.5 Å². The molecule has 2 fully saturated rings. The molecule has 0 aromatic heterocycles. The molecular weight excluding hydrogens is 354 g/mol. The van der Waals surface area contributed by atoms with E-state index >= 15 is 0 Å². The summed E-state index contributed by atoms with van der Waals surface area (Å²) in [4.78, 5) is 39.0. The summed E-state index contributed by atoms with van der Waals surface area (Å²) < 4.78 is 15.5. The van der Waals surface area contributed by atoms with Gasteiger partial charge >= 0.3 is 18.1 Å². The Kier molecular flexibility index (Phi) is 5.68. The van der Waals surface area contributed by atoms with Crippen molar-refractivity contribution in [3.63, 3.8) is 0 Å². The number of nitrogens with zero attached hydrogens (tertiary/aromatic N) is 2. The number of carbonyl (C=O) groups is 3. The third-order valence-corrected chi connectivity index (χ3v) is 4.63. The van der Waals surface area contributed by atoms with Crippen molar-refractivity contribution in [1.82, 2.24) is 15.1 Å². The minimum absolute atomic E-state index is 0.191. The highest BCUT2D eigenvalue weighted by atomic mass is 16.6. The van der Waals surface area contributed by atoms with E-state index in [1.165, 1.54) is 4.90 Å². The van der Waals surface area contributed by atoms with E-state index < -0.39 is 12.1 Å². The summed E-state index contributed by atoms with van der Waals surface area (Å²) in [7, 11) is 1.58. The van der Waals surface area contributed by atoms with Crippen LogP contribution in [0.5, 0.6) is 5.75 Å². The number of hydrogen-bond acceptors (Lipinski definition) is 6. The Hall–Kier alpha value is -2.97. The summed E-state index contributed by atoms with van der Waals surface area (Å²) in [5.74, 6) is 0.199. The molecule has 1 aromatic carbocycles. The molecule has 146 valence electrons. The van der Waals surface area contributed by atoms with Gasteiger partial charge in [0.2, 0.25) is 0 Å². The summed E-state index contributed by atoms with van der Waals surface area (Å²) in [6.45, 7) is 2.72. The average Bonchev–Trinajstić information content (AvgIpc) is 3.19. The van der Waals surface area contributed by atoms with Crippen LogP contribution in [0.3, 0.4) is 0 Å². The number of amides is 3. The van der Waals surface area contributed by atoms with E-state index in [9.17, 15) is 14.4 Å². The van der Waals surface area contributed by atoms with Crippen molar-refractivity contribution in [2.75, 3.05) is 33.4 Å². The van der Waals surface area contributed by atoms with E-state index in [1.54, 1.807) is 18.9 Å². The fourth-order valence-electron chi connectivity index (χ4n) is 3.34. The molecule has 0 bridgehead atoms. The maximum atomic E-state index is 12.3. The fourth-order valence-corrected chi connectivity index (χ4v) is 3.34. The van der Waals surface area contributed by atoms with Gasteiger partial charge in [0, 0.05) is 12.1 Å². The molecule has 9 nitrogen and oxygen atoms in total. The predicted octanol–water partition coefficient (Wildman–Crippen LogP) is 0.973. The van der Waals surface area contributed by atoms with E-state index in [0.717, 1.165) is 5.56 Å². The van der Waals surface area contributed by atoms with E-state index in [1.807, 2.05) is 24.3 Å². The number of esters is 1. The summed E-state index contributed by atoms with van der Waals surface area (Å²) in [6.07, 6.45) is -0.789. The lowest BCUT2D eigenvalue weighted by atomic mass is 10.1. The minimum atomic E-state index is -0.491. The quantitative estimate of drug-likeness (QED) is 0.742. The van der Waals surface area contributed by atoms with E-state index in [0.29, 0.717) is 18.8 Å². The Labute approximate surface area is 157 Å². The van der Waals surface area contributed by atoms with Gasteiger partial charge in [-0.25, -0.2) is 9.59 Å². The molecule has 2 saturated heterocycles. The van der Waals surface area contributed by atoms with Gasteiger partial charge in [0.25, 0.3) is 0 Å². The van der Waals surface area contributed by atoms with E-state index in [4.69, 9.17) is 14.2 Å². The second-order valence-corrected chi connectivity index (χ2v) is 6.30. The monoisotopic (exact) mass is 377 g/mol. The zero-order chi connectivity index (χ0) is 19.4. The first-order valence-electron chi connectivity index (χ1n) is 8.81. The van der Waals surface area contributed by atoms with Gasteiger partial charge in [0.15, 0.2) is 0 Å². The molecular formula is C18H23N3O6. The Balaban J connectivity index is 1.61. The van der Waals surface area contributed by atoms with Gasteiger partial charge in [-0.05, 0) is 13.0 Å². The summed E-state index contributed by atoms with van der Waals surface area (Å²) in [5.41, 5.74) is 0.864. The topological polar surface area (TPSA) is 97.4 Å². The normalized spacial score (nSPS) is 20.9. The maximum Gasteiger partial charge on any atom is 0.410 e. The lowest BCUT2D eigenvalue weighted by Crippen LogP contribution is -2.44. The molecule has 1 N–H and O–H groups in total. The molecule has 2 atom stereocenters. The maximum absolute atomic E-state index is 12.3. The van der Waals surface area contributed by atoms with Crippen molar-refractivity contribution in [2.45, 2.75) is 25.6 Å². The van der Waals surface area contributed by atoms with Crippen LogP contribution in [0.2, 0.25) is 0 Å². The van der Waals surface area contributed by atoms with E-state index in [-0.39, 0.29) is 37.9 Å². The molecule has 27 heavy (non-hydrogen) atoms. The first kappa shape index (κ1) is 18.8. The molecule has 0 saturated carbocycles. The smallest absolute Gasteiger partial charge is 0.410 e. The van der Waals surface area contributed by atoms with Crippen molar-refractivity contribution in [3.05, 3.63) is 29.8 Å². The number of rotatable bonds is 6. The second-order valence-electron chi connectivity index (χ2n) is 6.30. The number of likely N-dealkylation sites (tertiary alicyclic amines) is 1. The Morgan fingerprint density at radius 3 is 2.81 bits per heavy atom. The summed E-state index contributed by atoms with van der Waals surface area (Å²) >= 11 is 0.